The number of hydrogen-bond acceptors (Lipinski definition) is 3. The van der Waals surface area contributed by atoms with Crippen molar-refractivity contribution in [2.45, 2.75) is 19.4 Å². The number of ether oxygens (including phenoxy) is 2. The zero-order chi connectivity index (χ0) is 18.1. The van der Waals surface area contributed by atoms with Gasteiger partial charge in [0, 0.05) is 13.6 Å². The van der Waals surface area contributed by atoms with Crippen LogP contribution in [-0.2, 0) is 6.42 Å². The molecular formula is C20H27N3O2. The summed E-state index contributed by atoms with van der Waals surface area (Å²) in [7, 11) is 5.13. The normalized spacial score (nSPS) is 12.4. The first kappa shape index (κ1) is 18.6. The maximum absolute atomic E-state index is 5.42. The van der Waals surface area contributed by atoms with Crippen molar-refractivity contribution >= 4 is 5.96 Å². The second-order valence-electron chi connectivity index (χ2n) is 5.70. The molecule has 0 amide bonds. The minimum atomic E-state index is 0.179. The van der Waals surface area contributed by atoms with E-state index in [1.807, 2.05) is 36.4 Å². The van der Waals surface area contributed by atoms with Gasteiger partial charge < -0.3 is 20.1 Å². The van der Waals surface area contributed by atoms with Gasteiger partial charge >= 0.3 is 0 Å². The molecule has 0 radical (unpaired) electrons. The molecule has 1 unspecified atom stereocenters. The number of benzene rings is 2. The summed E-state index contributed by atoms with van der Waals surface area (Å²) >= 11 is 0. The standard InChI is InChI=1S/C20H27N3O2/c1-15(16-8-6-5-7-9-16)23-20(21-2)22-13-12-17-14-18(24-3)10-11-19(17)25-4/h5-11,14-15H,12-13H2,1-4H3,(H2,21,22,23). The Morgan fingerprint density at radius 2 is 1.84 bits per heavy atom. The van der Waals surface area contributed by atoms with Crippen molar-refractivity contribution in [2.75, 3.05) is 27.8 Å². The summed E-state index contributed by atoms with van der Waals surface area (Å²) in [6, 6.07) is 16.3. The second-order valence-corrected chi connectivity index (χ2v) is 5.70. The van der Waals surface area contributed by atoms with Gasteiger partial charge in [-0.25, -0.2) is 0 Å². The Kier molecular flexibility index (Phi) is 7.14. The molecule has 0 spiro atoms. The number of methoxy groups -OCH3 is 2. The van der Waals surface area contributed by atoms with Crippen molar-refractivity contribution < 1.29 is 9.47 Å². The molecule has 5 nitrogen and oxygen atoms in total. The summed E-state index contributed by atoms with van der Waals surface area (Å²) < 4.78 is 10.7. The van der Waals surface area contributed by atoms with Crippen molar-refractivity contribution in [1.29, 1.82) is 0 Å². The zero-order valence-corrected chi connectivity index (χ0v) is 15.4. The van der Waals surface area contributed by atoms with Crippen LogP contribution >= 0.6 is 0 Å². The molecule has 0 fully saturated rings. The Hall–Kier alpha value is -2.69. The van der Waals surface area contributed by atoms with Crippen LogP contribution < -0.4 is 20.1 Å². The van der Waals surface area contributed by atoms with Crippen LogP contribution in [0, 0.1) is 0 Å². The molecule has 1 atom stereocenters. The fraction of sp³-hybridized carbons (Fsp3) is 0.350. The molecule has 2 N–H and O–H groups in total. The van der Waals surface area contributed by atoms with Crippen LogP contribution in [0.4, 0.5) is 0 Å². The van der Waals surface area contributed by atoms with Gasteiger partial charge in [-0.3, -0.25) is 4.99 Å². The highest BCUT2D eigenvalue weighted by molar-refractivity contribution is 5.80. The molecule has 0 saturated heterocycles. The Bertz CT molecular complexity index is 687. The van der Waals surface area contributed by atoms with Gasteiger partial charge in [0.25, 0.3) is 0 Å². The molecule has 25 heavy (non-hydrogen) atoms. The molecule has 0 bridgehead atoms. The first-order chi connectivity index (χ1) is 12.2. The summed E-state index contributed by atoms with van der Waals surface area (Å²) in [4.78, 5) is 4.30. The van der Waals surface area contributed by atoms with Gasteiger partial charge in [0.15, 0.2) is 5.96 Å². The van der Waals surface area contributed by atoms with E-state index in [0.29, 0.717) is 0 Å². The third kappa shape index (κ3) is 5.41. The van der Waals surface area contributed by atoms with E-state index < -0.39 is 0 Å². The Balaban J connectivity index is 1.91. The molecule has 0 aliphatic heterocycles. The predicted octanol–water partition coefficient (Wildman–Crippen LogP) is 3.17. The SMILES string of the molecule is CN=C(NCCc1cc(OC)ccc1OC)NC(C)c1ccccc1. The van der Waals surface area contributed by atoms with Crippen LogP contribution in [0.5, 0.6) is 11.5 Å². The summed E-state index contributed by atoms with van der Waals surface area (Å²) in [5.74, 6) is 2.47. The number of aliphatic imine (C=N–C) groups is 1. The molecular weight excluding hydrogens is 314 g/mol. The Morgan fingerprint density at radius 1 is 1.08 bits per heavy atom. The average molecular weight is 341 g/mol. The molecule has 0 aromatic heterocycles. The lowest BCUT2D eigenvalue weighted by Gasteiger charge is -2.18. The number of nitrogens with zero attached hydrogens (tertiary/aromatic N) is 1. The summed E-state index contributed by atoms with van der Waals surface area (Å²) in [5, 5.41) is 6.75. The number of nitrogens with one attached hydrogen (secondary N) is 2. The Morgan fingerprint density at radius 3 is 2.48 bits per heavy atom. The Labute approximate surface area is 150 Å². The number of hydrogen-bond donors (Lipinski definition) is 2. The van der Waals surface area contributed by atoms with Gasteiger partial charge in [-0.2, -0.15) is 0 Å². The van der Waals surface area contributed by atoms with Crippen LogP contribution in [0.2, 0.25) is 0 Å². The lowest BCUT2D eigenvalue weighted by molar-refractivity contribution is 0.398. The monoisotopic (exact) mass is 341 g/mol. The van der Waals surface area contributed by atoms with Crippen LogP contribution in [0.3, 0.4) is 0 Å². The number of rotatable bonds is 7. The highest BCUT2D eigenvalue weighted by atomic mass is 16.5. The van der Waals surface area contributed by atoms with Gasteiger partial charge in [0.2, 0.25) is 0 Å². The lowest BCUT2D eigenvalue weighted by atomic mass is 10.1. The molecule has 2 rings (SSSR count). The zero-order valence-electron chi connectivity index (χ0n) is 15.4. The van der Waals surface area contributed by atoms with Gasteiger partial charge in [-0.15, -0.1) is 0 Å². The third-order valence-electron chi connectivity index (χ3n) is 4.05. The first-order valence-electron chi connectivity index (χ1n) is 8.41. The fourth-order valence-corrected chi connectivity index (χ4v) is 2.62. The largest absolute Gasteiger partial charge is 0.497 e. The van der Waals surface area contributed by atoms with Crippen molar-refractivity contribution in [3.8, 4) is 11.5 Å². The quantitative estimate of drug-likeness (QED) is 0.600. The van der Waals surface area contributed by atoms with Crippen LogP contribution in [0.25, 0.3) is 0 Å². The van der Waals surface area contributed by atoms with E-state index in [2.05, 4.69) is 34.7 Å². The van der Waals surface area contributed by atoms with Crippen molar-refractivity contribution in [2.24, 2.45) is 4.99 Å². The van der Waals surface area contributed by atoms with E-state index >= 15 is 0 Å². The van der Waals surface area contributed by atoms with Gasteiger partial charge in [-0.1, -0.05) is 30.3 Å². The average Bonchev–Trinajstić information content (AvgIpc) is 2.67. The van der Waals surface area contributed by atoms with E-state index in [-0.39, 0.29) is 6.04 Å². The third-order valence-corrected chi connectivity index (χ3v) is 4.05. The molecule has 0 aliphatic rings. The van der Waals surface area contributed by atoms with Crippen LogP contribution in [0.15, 0.2) is 53.5 Å². The van der Waals surface area contributed by atoms with Gasteiger partial charge in [-0.05, 0) is 42.7 Å². The molecule has 0 heterocycles. The summed E-state index contributed by atoms with van der Waals surface area (Å²) in [6.45, 7) is 2.86. The second kappa shape index (κ2) is 9.57. The molecule has 0 saturated carbocycles. The van der Waals surface area contributed by atoms with Gasteiger partial charge in [0.05, 0.1) is 20.3 Å². The molecule has 0 aliphatic carbocycles. The highest BCUT2D eigenvalue weighted by Crippen LogP contribution is 2.24. The predicted molar refractivity (Wildman–Crippen MR) is 103 cm³/mol. The fourth-order valence-electron chi connectivity index (χ4n) is 2.62. The van der Waals surface area contributed by atoms with Crippen molar-refractivity contribution in [3.63, 3.8) is 0 Å². The van der Waals surface area contributed by atoms with E-state index in [0.717, 1.165) is 36.0 Å². The van der Waals surface area contributed by atoms with Crippen LogP contribution in [-0.4, -0.2) is 33.8 Å². The van der Waals surface area contributed by atoms with Crippen molar-refractivity contribution in [1.82, 2.24) is 10.6 Å². The minimum Gasteiger partial charge on any atom is -0.497 e. The van der Waals surface area contributed by atoms with Crippen molar-refractivity contribution in [3.05, 3.63) is 59.7 Å². The van der Waals surface area contributed by atoms with Gasteiger partial charge in [0.1, 0.15) is 11.5 Å². The lowest BCUT2D eigenvalue weighted by Crippen LogP contribution is -2.39. The highest BCUT2D eigenvalue weighted by Gasteiger charge is 2.08. The first-order valence-corrected chi connectivity index (χ1v) is 8.41. The topological polar surface area (TPSA) is 54.9 Å². The van der Waals surface area contributed by atoms with E-state index in [1.165, 1.54) is 5.56 Å². The number of guanidine groups is 1. The molecule has 2 aromatic carbocycles. The smallest absolute Gasteiger partial charge is 0.191 e. The minimum absolute atomic E-state index is 0.179. The molecule has 2 aromatic rings. The van der Waals surface area contributed by atoms with E-state index in [1.54, 1.807) is 21.3 Å². The molecule has 134 valence electrons. The molecule has 5 heteroatoms. The maximum Gasteiger partial charge on any atom is 0.191 e. The van der Waals surface area contributed by atoms with Crippen LogP contribution in [0.1, 0.15) is 24.1 Å². The maximum atomic E-state index is 5.42. The van der Waals surface area contributed by atoms with E-state index in [9.17, 15) is 0 Å². The summed E-state index contributed by atoms with van der Waals surface area (Å²) in [5.41, 5.74) is 2.32. The summed E-state index contributed by atoms with van der Waals surface area (Å²) in [6.07, 6.45) is 0.806. The van der Waals surface area contributed by atoms with E-state index in [4.69, 9.17) is 9.47 Å².